The third-order valence-corrected chi connectivity index (χ3v) is 6.00. The van der Waals surface area contributed by atoms with Crippen LogP contribution in [0.15, 0.2) is 119 Å². The Labute approximate surface area is 206 Å². The quantitative estimate of drug-likeness (QED) is 0.359. The van der Waals surface area contributed by atoms with E-state index in [1.165, 1.54) is 33.4 Å². The fraction of sp³-hybridized carbons (Fsp3) is 0.281. The van der Waals surface area contributed by atoms with E-state index in [-0.39, 0.29) is 0 Å². The van der Waals surface area contributed by atoms with Crippen molar-refractivity contribution >= 4 is 11.3 Å². The summed E-state index contributed by atoms with van der Waals surface area (Å²) in [6, 6.07) is 21.0. The number of hydrogen-bond acceptors (Lipinski definition) is 2. The monoisotopic (exact) mass is 450 g/mol. The molecule has 1 N–H and O–H groups in total. The predicted molar refractivity (Wildman–Crippen MR) is 149 cm³/mol. The number of hydrazone groups is 1. The molecule has 0 saturated carbocycles. The number of nitrogens with one attached hydrogen (secondary N) is 1. The highest BCUT2D eigenvalue weighted by Gasteiger charge is 2.17. The first-order valence-electron chi connectivity index (χ1n) is 12.3. The number of rotatable bonds is 10. The molecule has 0 saturated heterocycles. The van der Waals surface area contributed by atoms with E-state index in [1.807, 2.05) is 12.3 Å². The van der Waals surface area contributed by atoms with Crippen molar-refractivity contribution < 1.29 is 0 Å². The molecule has 0 spiro atoms. The number of allylic oxidation sites excluding steroid dienone is 9. The molecule has 0 aromatic heterocycles. The normalized spacial score (nSPS) is 14.4. The first-order chi connectivity index (χ1) is 16.5. The Kier molecular flexibility index (Phi) is 9.91. The van der Waals surface area contributed by atoms with Gasteiger partial charge in [0, 0.05) is 17.3 Å². The maximum atomic E-state index is 4.72. The average Bonchev–Trinajstić information content (AvgIpc) is 3.06. The summed E-state index contributed by atoms with van der Waals surface area (Å²) in [4.78, 5) is 0. The lowest BCUT2D eigenvalue weighted by molar-refractivity contribution is 0.914. The van der Waals surface area contributed by atoms with Crippen LogP contribution in [0, 0.1) is 0 Å². The van der Waals surface area contributed by atoms with Gasteiger partial charge in [0.2, 0.25) is 0 Å². The Balaban J connectivity index is 1.78. The molecule has 1 aliphatic rings. The molecule has 2 nitrogen and oxygen atoms in total. The number of nitrogens with zero attached hydrogens (tertiary/aromatic N) is 1. The Bertz CT molecular complexity index is 1110. The topological polar surface area (TPSA) is 24.4 Å². The van der Waals surface area contributed by atoms with Crippen molar-refractivity contribution in [1.82, 2.24) is 5.43 Å². The molecule has 0 atom stereocenters. The molecule has 0 fully saturated rings. The maximum Gasteiger partial charge on any atom is 0.0986 e. The van der Waals surface area contributed by atoms with Crippen molar-refractivity contribution in [1.29, 1.82) is 0 Å². The van der Waals surface area contributed by atoms with E-state index < -0.39 is 0 Å². The van der Waals surface area contributed by atoms with E-state index in [4.69, 9.17) is 5.10 Å². The van der Waals surface area contributed by atoms with Crippen LogP contribution in [-0.2, 0) is 0 Å². The van der Waals surface area contributed by atoms with E-state index in [0.29, 0.717) is 0 Å². The highest BCUT2D eigenvalue weighted by atomic mass is 15.3. The van der Waals surface area contributed by atoms with Crippen LogP contribution in [0.4, 0.5) is 0 Å². The van der Waals surface area contributed by atoms with Gasteiger partial charge in [0.25, 0.3) is 0 Å². The van der Waals surface area contributed by atoms with Gasteiger partial charge >= 0.3 is 0 Å². The molecule has 2 aromatic rings. The number of hydrogen-bond donors (Lipinski definition) is 1. The van der Waals surface area contributed by atoms with Gasteiger partial charge in [-0.15, -0.1) is 0 Å². The predicted octanol–water partition coefficient (Wildman–Crippen LogP) is 8.77. The van der Waals surface area contributed by atoms with Gasteiger partial charge in [0.05, 0.1) is 5.71 Å². The zero-order chi connectivity index (χ0) is 24.2. The third kappa shape index (κ3) is 7.88. The summed E-state index contributed by atoms with van der Waals surface area (Å²) in [6.45, 7) is 8.84. The van der Waals surface area contributed by atoms with E-state index in [1.54, 1.807) is 0 Å². The Hall–Kier alpha value is -3.39. The molecule has 0 aliphatic carbocycles. The fourth-order valence-electron chi connectivity index (χ4n) is 4.06. The zero-order valence-corrected chi connectivity index (χ0v) is 21.1. The molecule has 0 radical (unpaired) electrons. The second-order valence-corrected chi connectivity index (χ2v) is 9.22. The Morgan fingerprint density at radius 3 is 1.97 bits per heavy atom. The minimum absolute atomic E-state index is 0.878. The van der Waals surface area contributed by atoms with Crippen LogP contribution < -0.4 is 5.43 Å². The highest BCUT2D eigenvalue weighted by Crippen LogP contribution is 2.29. The Morgan fingerprint density at radius 2 is 1.32 bits per heavy atom. The van der Waals surface area contributed by atoms with E-state index in [2.05, 4.69) is 112 Å². The summed E-state index contributed by atoms with van der Waals surface area (Å²) in [5, 5.41) is 4.72. The lowest BCUT2D eigenvalue weighted by Crippen LogP contribution is -2.09. The van der Waals surface area contributed by atoms with Crippen LogP contribution in [0.1, 0.15) is 70.9 Å². The van der Waals surface area contributed by atoms with E-state index in [0.717, 1.165) is 43.4 Å². The molecule has 176 valence electrons. The molecule has 2 aromatic carbocycles. The van der Waals surface area contributed by atoms with Crippen LogP contribution in [0.2, 0.25) is 0 Å². The molecule has 2 heteroatoms. The van der Waals surface area contributed by atoms with E-state index >= 15 is 0 Å². The van der Waals surface area contributed by atoms with Gasteiger partial charge in [-0.2, -0.15) is 5.10 Å². The highest BCUT2D eigenvalue weighted by molar-refractivity contribution is 6.32. The smallest absolute Gasteiger partial charge is 0.0986 e. The fourth-order valence-corrected chi connectivity index (χ4v) is 4.06. The molecule has 34 heavy (non-hydrogen) atoms. The standard InChI is InChI=1S/C32H38N2/c1-25(2)13-11-14-26(3)15-12-16-27(4)21-22-29-23-24-33-34-32(30-19-9-6-10-20-30)31(29)28-17-7-5-8-18-28/h5-10,13,15,17-21,23-24,33H,11-12,14,16,22H2,1-4H3. The lowest BCUT2D eigenvalue weighted by Gasteiger charge is -2.14. The maximum absolute atomic E-state index is 4.72. The van der Waals surface area contributed by atoms with Crippen LogP contribution in [-0.4, -0.2) is 5.71 Å². The van der Waals surface area contributed by atoms with Crippen molar-refractivity contribution in [2.45, 2.75) is 59.8 Å². The van der Waals surface area contributed by atoms with Crippen molar-refractivity contribution in [3.8, 4) is 0 Å². The van der Waals surface area contributed by atoms with Gasteiger partial charge < -0.3 is 0 Å². The van der Waals surface area contributed by atoms with Gasteiger partial charge in [0.1, 0.15) is 0 Å². The van der Waals surface area contributed by atoms with Crippen molar-refractivity contribution in [2.75, 3.05) is 0 Å². The van der Waals surface area contributed by atoms with Gasteiger partial charge in [0.15, 0.2) is 0 Å². The van der Waals surface area contributed by atoms with Crippen molar-refractivity contribution in [3.63, 3.8) is 0 Å². The van der Waals surface area contributed by atoms with Crippen LogP contribution >= 0.6 is 0 Å². The van der Waals surface area contributed by atoms with Crippen LogP contribution in [0.5, 0.6) is 0 Å². The number of benzene rings is 2. The zero-order valence-electron chi connectivity index (χ0n) is 21.1. The third-order valence-electron chi connectivity index (χ3n) is 6.00. The first-order valence-corrected chi connectivity index (χ1v) is 12.3. The minimum atomic E-state index is 0.878. The van der Waals surface area contributed by atoms with Crippen LogP contribution in [0.3, 0.4) is 0 Å². The lowest BCUT2D eigenvalue weighted by atomic mass is 9.90. The molecular weight excluding hydrogens is 412 g/mol. The second kappa shape index (κ2) is 13.3. The summed E-state index contributed by atoms with van der Waals surface area (Å²) >= 11 is 0. The molecule has 0 unspecified atom stereocenters. The summed E-state index contributed by atoms with van der Waals surface area (Å²) in [5.41, 5.74) is 13.2. The largest absolute Gasteiger partial charge is 0.285 e. The van der Waals surface area contributed by atoms with Crippen molar-refractivity contribution in [2.24, 2.45) is 5.10 Å². The van der Waals surface area contributed by atoms with E-state index in [9.17, 15) is 0 Å². The van der Waals surface area contributed by atoms with Crippen molar-refractivity contribution in [3.05, 3.63) is 125 Å². The summed E-state index contributed by atoms with van der Waals surface area (Å²) in [6.07, 6.45) is 16.6. The molecule has 0 bridgehead atoms. The molecule has 3 rings (SSSR count). The minimum Gasteiger partial charge on any atom is -0.285 e. The summed E-state index contributed by atoms with van der Waals surface area (Å²) < 4.78 is 0. The summed E-state index contributed by atoms with van der Waals surface area (Å²) in [5.74, 6) is 0. The first kappa shape index (κ1) is 25.2. The molecule has 0 amide bonds. The summed E-state index contributed by atoms with van der Waals surface area (Å²) in [7, 11) is 0. The SMILES string of the molecule is CC(C)=CCCC(C)=CCCC(C)=CCC1=C(c2ccccc2)C(c2ccccc2)=NNC=C1. The Morgan fingerprint density at radius 1 is 0.735 bits per heavy atom. The molecule has 1 aliphatic heterocycles. The van der Waals surface area contributed by atoms with Gasteiger partial charge in [-0.1, -0.05) is 95.6 Å². The van der Waals surface area contributed by atoms with Crippen LogP contribution in [0.25, 0.3) is 5.57 Å². The van der Waals surface area contributed by atoms with Gasteiger partial charge in [-0.25, -0.2) is 0 Å². The van der Waals surface area contributed by atoms with Gasteiger partial charge in [-0.3, -0.25) is 5.43 Å². The molecular formula is C32H38N2. The average molecular weight is 451 g/mol. The second-order valence-electron chi connectivity index (χ2n) is 9.22. The van der Waals surface area contributed by atoms with Gasteiger partial charge in [-0.05, 0) is 77.0 Å². The molecule has 1 heterocycles.